The summed E-state index contributed by atoms with van der Waals surface area (Å²) in [5.41, 5.74) is 2.62. The Morgan fingerprint density at radius 2 is 2.03 bits per heavy atom. The number of hydrogen-bond donors (Lipinski definition) is 1. The number of hydrogen-bond acceptors (Lipinski definition) is 5. The molecule has 1 aromatic heterocycles. The van der Waals surface area contributed by atoms with Crippen LogP contribution in [0.25, 0.3) is 17.0 Å². The van der Waals surface area contributed by atoms with Crippen molar-refractivity contribution in [2.75, 3.05) is 32.6 Å². The van der Waals surface area contributed by atoms with Gasteiger partial charge in [0, 0.05) is 17.6 Å². The molecule has 0 spiro atoms. The minimum atomic E-state index is -0.395. The van der Waals surface area contributed by atoms with E-state index >= 15 is 0 Å². The standard InChI is InChI=1S/C28H34N4O3/c1-28(2)13-9-22-25(35-28)8-7-23(26(22)34-4)27(33)30-21-6-5-20-18-29-32(24(20)17-21)16-12-19-10-14-31(3)15-11-19/h5-9,13,17-19H,10-12,14-16H2,1-4H3,(H,30,33). The number of aryl methyl sites for hydroxylation is 1. The fourth-order valence-corrected chi connectivity index (χ4v) is 5.01. The summed E-state index contributed by atoms with van der Waals surface area (Å²) in [6, 6.07) is 9.52. The molecule has 35 heavy (non-hydrogen) atoms. The monoisotopic (exact) mass is 474 g/mol. The molecule has 2 aliphatic heterocycles. The summed E-state index contributed by atoms with van der Waals surface area (Å²) in [5.74, 6) is 1.74. The summed E-state index contributed by atoms with van der Waals surface area (Å²) in [4.78, 5) is 15.6. The first-order valence-electron chi connectivity index (χ1n) is 12.4. The van der Waals surface area contributed by atoms with Crippen LogP contribution in [0.3, 0.4) is 0 Å². The van der Waals surface area contributed by atoms with Gasteiger partial charge >= 0.3 is 0 Å². The number of benzene rings is 2. The highest BCUT2D eigenvalue weighted by Gasteiger charge is 2.26. The van der Waals surface area contributed by atoms with Gasteiger partial charge in [0.1, 0.15) is 17.1 Å². The van der Waals surface area contributed by atoms with Gasteiger partial charge in [-0.3, -0.25) is 9.48 Å². The molecule has 0 aliphatic carbocycles. The van der Waals surface area contributed by atoms with E-state index in [0.717, 1.165) is 41.0 Å². The van der Waals surface area contributed by atoms with E-state index in [1.807, 2.05) is 56.5 Å². The number of ether oxygens (including phenoxy) is 2. The molecule has 2 aromatic carbocycles. The molecule has 0 bridgehead atoms. The maximum absolute atomic E-state index is 13.2. The molecule has 3 heterocycles. The topological polar surface area (TPSA) is 68.6 Å². The predicted molar refractivity (Wildman–Crippen MR) is 139 cm³/mol. The van der Waals surface area contributed by atoms with Crippen molar-refractivity contribution >= 4 is 28.6 Å². The summed E-state index contributed by atoms with van der Waals surface area (Å²) in [6.07, 6.45) is 9.45. The fraction of sp³-hybridized carbons (Fsp3) is 0.429. The Kier molecular flexibility index (Phi) is 6.28. The van der Waals surface area contributed by atoms with Crippen molar-refractivity contribution < 1.29 is 14.3 Å². The van der Waals surface area contributed by atoms with Crippen LogP contribution in [-0.4, -0.2) is 53.4 Å². The van der Waals surface area contributed by atoms with Gasteiger partial charge in [0.25, 0.3) is 5.91 Å². The molecule has 1 fully saturated rings. The number of methoxy groups -OCH3 is 1. The van der Waals surface area contributed by atoms with Gasteiger partial charge in [-0.25, -0.2) is 0 Å². The normalized spacial score (nSPS) is 17.7. The lowest BCUT2D eigenvalue weighted by atomic mass is 9.94. The predicted octanol–water partition coefficient (Wildman–Crippen LogP) is 5.21. The van der Waals surface area contributed by atoms with Crippen LogP contribution in [0.5, 0.6) is 11.5 Å². The van der Waals surface area contributed by atoms with Gasteiger partial charge in [0.15, 0.2) is 0 Å². The third-order valence-corrected chi connectivity index (χ3v) is 7.12. The van der Waals surface area contributed by atoms with Crippen LogP contribution in [-0.2, 0) is 6.54 Å². The minimum absolute atomic E-state index is 0.223. The molecule has 184 valence electrons. The van der Waals surface area contributed by atoms with Crippen molar-refractivity contribution in [2.45, 2.75) is 45.3 Å². The maximum Gasteiger partial charge on any atom is 0.259 e. The maximum atomic E-state index is 13.2. The Morgan fingerprint density at radius 3 is 2.80 bits per heavy atom. The smallest absolute Gasteiger partial charge is 0.259 e. The lowest BCUT2D eigenvalue weighted by Gasteiger charge is -2.29. The number of anilines is 1. The summed E-state index contributed by atoms with van der Waals surface area (Å²) in [7, 11) is 3.77. The van der Waals surface area contributed by atoms with Gasteiger partial charge in [-0.05, 0) is 102 Å². The van der Waals surface area contributed by atoms with Crippen LogP contribution < -0.4 is 14.8 Å². The van der Waals surface area contributed by atoms with E-state index in [2.05, 4.69) is 27.0 Å². The summed E-state index contributed by atoms with van der Waals surface area (Å²) >= 11 is 0. The lowest BCUT2D eigenvalue weighted by Crippen LogP contribution is -2.30. The third-order valence-electron chi connectivity index (χ3n) is 7.12. The molecule has 1 amide bonds. The van der Waals surface area contributed by atoms with Gasteiger partial charge in [-0.1, -0.05) is 0 Å². The van der Waals surface area contributed by atoms with Crippen LogP contribution in [0, 0.1) is 5.92 Å². The number of likely N-dealkylation sites (tertiary alicyclic amines) is 1. The van der Waals surface area contributed by atoms with Crippen LogP contribution >= 0.6 is 0 Å². The zero-order chi connectivity index (χ0) is 24.6. The van der Waals surface area contributed by atoms with E-state index in [-0.39, 0.29) is 5.91 Å². The first-order chi connectivity index (χ1) is 16.8. The fourth-order valence-electron chi connectivity index (χ4n) is 5.01. The molecule has 7 nitrogen and oxygen atoms in total. The van der Waals surface area contributed by atoms with Crippen molar-refractivity contribution in [3.8, 4) is 11.5 Å². The molecule has 3 aromatic rings. The molecule has 1 saturated heterocycles. The summed E-state index contributed by atoms with van der Waals surface area (Å²) < 4.78 is 13.7. The Bertz CT molecular complexity index is 1270. The number of piperidine rings is 1. The van der Waals surface area contributed by atoms with Crippen molar-refractivity contribution in [3.05, 3.63) is 53.7 Å². The summed E-state index contributed by atoms with van der Waals surface area (Å²) in [5, 5.41) is 8.73. The first-order valence-corrected chi connectivity index (χ1v) is 12.4. The van der Waals surface area contributed by atoms with Crippen molar-refractivity contribution in [3.63, 3.8) is 0 Å². The van der Waals surface area contributed by atoms with E-state index in [1.54, 1.807) is 13.2 Å². The average Bonchev–Trinajstić information content (AvgIpc) is 3.24. The molecule has 1 N–H and O–H groups in total. The molecule has 0 atom stereocenters. The van der Waals surface area contributed by atoms with E-state index in [1.165, 1.54) is 25.9 Å². The average molecular weight is 475 g/mol. The third kappa shape index (κ3) is 4.91. The van der Waals surface area contributed by atoms with Gasteiger partial charge in [-0.2, -0.15) is 5.10 Å². The zero-order valence-corrected chi connectivity index (χ0v) is 21.0. The number of carbonyl (C=O) groups excluding carboxylic acids is 1. The SMILES string of the molecule is COc1c(C(=O)Nc2ccc3cnn(CCC4CCN(C)CC4)c3c2)ccc2c1C=CC(C)(C)O2. The number of carbonyl (C=O) groups is 1. The Morgan fingerprint density at radius 1 is 1.23 bits per heavy atom. The molecule has 0 unspecified atom stereocenters. The van der Waals surface area contributed by atoms with E-state index in [0.29, 0.717) is 17.1 Å². The van der Waals surface area contributed by atoms with Crippen LogP contribution in [0.4, 0.5) is 5.69 Å². The zero-order valence-electron chi connectivity index (χ0n) is 21.0. The Balaban J connectivity index is 1.33. The van der Waals surface area contributed by atoms with E-state index < -0.39 is 5.60 Å². The molecule has 2 aliphatic rings. The lowest BCUT2D eigenvalue weighted by molar-refractivity contribution is 0.102. The Labute approximate surface area is 206 Å². The van der Waals surface area contributed by atoms with Gasteiger partial charge in [0.2, 0.25) is 0 Å². The highest BCUT2D eigenvalue weighted by atomic mass is 16.5. The van der Waals surface area contributed by atoms with E-state index in [4.69, 9.17) is 9.47 Å². The Hall–Kier alpha value is -3.32. The van der Waals surface area contributed by atoms with E-state index in [9.17, 15) is 4.79 Å². The number of aromatic nitrogens is 2. The number of nitrogens with zero attached hydrogens (tertiary/aromatic N) is 3. The highest BCUT2D eigenvalue weighted by molar-refractivity contribution is 6.08. The highest BCUT2D eigenvalue weighted by Crippen LogP contribution is 2.39. The second-order valence-electron chi connectivity index (χ2n) is 10.2. The number of nitrogens with one attached hydrogen (secondary N) is 1. The van der Waals surface area contributed by atoms with Crippen molar-refractivity contribution in [1.29, 1.82) is 0 Å². The number of rotatable bonds is 6. The van der Waals surface area contributed by atoms with Crippen molar-refractivity contribution in [2.24, 2.45) is 5.92 Å². The molecule has 0 radical (unpaired) electrons. The molecular weight excluding hydrogens is 440 g/mol. The molecule has 7 heteroatoms. The largest absolute Gasteiger partial charge is 0.495 e. The quantitative estimate of drug-likeness (QED) is 0.531. The van der Waals surface area contributed by atoms with Gasteiger partial charge in [0.05, 0.1) is 30.0 Å². The molecule has 0 saturated carbocycles. The van der Waals surface area contributed by atoms with Gasteiger partial charge < -0.3 is 19.7 Å². The summed E-state index contributed by atoms with van der Waals surface area (Å²) in [6.45, 7) is 7.22. The molecular formula is C28H34N4O3. The second-order valence-corrected chi connectivity index (χ2v) is 10.2. The minimum Gasteiger partial charge on any atom is -0.495 e. The van der Waals surface area contributed by atoms with Crippen LogP contribution in [0.1, 0.15) is 49.0 Å². The number of amides is 1. The van der Waals surface area contributed by atoms with Crippen LogP contribution in [0.2, 0.25) is 0 Å². The first kappa shape index (κ1) is 23.4. The number of fused-ring (bicyclic) bond motifs is 2. The second kappa shape index (κ2) is 9.38. The van der Waals surface area contributed by atoms with Crippen LogP contribution in [0.15, 0.2) is 42.6 Å². The molecule has 5 rings (SSSR count). The van der Waals surface area contributed by atoms with Crippen molar-refractivity contribution in [1.82, 2.24) is 14.7 Å². The van der Waals surface area contributed by atoms with Gasteiger partial charge in [-0.15, -0.1) is 0 Å².